The van der Waals surface area contributed by atoms with Crippen molar-refractivity contribution < 1.29 is 18.3 Å². The average molecular weight is 202 g/mol. The molecule has 0 atom stereocenters. The lowest BCUT2D eigenvalue weighted by Gasteiger charge is -2.06. The summed E-state index contributed by atoms with van der Waals surface area (Å²) in [5.74, 6) is 0.131. The minimum atomic E-state index is -3.30. The van der Waals surface area contributed by atoms with Crippen LogP contribution in [0.1, 0.15) is 0 Å². The van der Waals surface area contributed by atoms with Gasteiger partial charge in [-0.1, -0.05) is 0 Å². The zero-order valence-corrected chi connectivity index (χ0v) is 8.13. The van der Waals surface area contributed by atoms with Crippen molar-refractivity contribution in [3.05, 3.63) is 18.2 Å². The first kappa shape index (κ1) is 9.85. The monoisotopic (exact) mass is 202 g/mol. The number of aromatic hydroxyl groups is 1. The number of phenols is 1. The number of rotatable bonds is 2. The predicted octanol–water partition coefficient (Wildman–Crippen LogP) is 0.804. The molecule has 0 fully saturated rings. The summed E-state index contributed by atoms with van der Waals surface area (Å²) in [5, 5.41) is 9.06. The third-order valence-corrected chi connectivity index (χ3v) is 2.68. The van der Waals surface area contributed by atoms with Gasteiger partial charge >= 0.3 is 0 Å². The average Bonchev–Trinajstić information content (AvgIpc) is 2.01. The van der Waals surface area contributed by atoms with Crippen LogP contribution in [-0.2, 0) is 9.84 Å². The number of methoxy groups -OCH3 is 1. The molecule has 0 aliphatic rings. The van der Waals surface area contributed by atoms with Crippen LogP contribution in [0.4, 0.5) is 0 Å². The van der Waals surface area contributed by atoms with Crippen molar-refractivity contribution in [2.45, 2.75) is 4.90 Å². The zero-order chi connectivity index (χ0) is 10.1. The Hall–Kier alpha value is -1.23. The lowest BCUT2D eigenvalue weighted by atomic mass is 10.3. The van der Waals surface area contributed by atoms with Crippen LogP contribution in [0, 0.1) is 0 Å². The summed E-state index contributed by atoms with van der Waals surface area (Å²) >= 11 is 0. The molecule has 0 radical (unpaired) electrons. The van der Waals surface area contributed by atoms with E-state index in [0.717, 1.165) is 6.26 Å². The van der Waals surface area contributed by atoms with Crippen molar-refractivity contribution in [1.82, 2.24) is 0 Å². The Kier molecular flexibility index (Phi) is 2.47. The summed E-state index contributed by atoms with van der Waals surface area (Å²) < 4.78 is 27.1. The second-order valence-electron chi connectivity index (χ2n) is 2.61. The molecule has 1 rings (SSSR count). The first-order chi connectivity index (χ1) is 5.95. The Morgan fingerprint density at radius 2 is 2.00 bits per heavy atom. The summed E-state index contributed by atoms with van der Waals surface area (Å²) in [7, 11) is -1.95. The summed E-state index contributed by atoms with van der Waals surface area (Å²) in [6.45, 7) is 0. The number of phenolic OH excluding ortho intramolecular Hbond substituents is 1. The van der Waals surface area contributed by atoms with Gasteiger partial charge in [0.05, 0.1) is 7.11 Å². The molecule has 0 bridgehead atoms. The van der Waals surface area contributed by atoms with E-state index in [2.05, 4.69) is 0 Å². The SMILES string of the molecule is COc1cc(O)ccc1S(C)(=O)=O. The predicted molar refractivity (Wildman–Crippen MR) is 47.8 cm³/mol. The standard InChI is InChI=1S/C8H10O4S/c1-12-7-5-6(9)3-4-8(7)13(2,10)11/h3-5,9H,1-2H3. The maximum absolute atomic E-state index is 11.2. The summed E-state index contributed by atoms with van der Waals surface area (Å²) in [6, 6.07) is 3.87. The van der Waals surface area contributed by atoms with Gasteiger partial charge in [-0.2, -0.15) is 0 Å². The maximum Gasteiger partial charge on any atom is 0.179 e. The molecule has 5 heteroatoms. The summed E-state index contributed by atoms with van der Waals surface area (Å²) in [6.07, 6.45) is 1.09. The molecule has 0 amide bonds. The van der Waals surface area contributed by atoms with Crippen LogP contribution in [0.3, 0.4) is 0 Å². The van der Waals surface area contributed by atoms with Crippen molar-refractivity contribution >= 4 is 9.84 Å². The summed E-state index contributed by atoms with van der Waals surface area (Å²) in [5.41, 5.74) is 0. The number of benzene rings is 1. The number of sulfone groups is 1. The third-order valence-electron chi connectivity index (χ3n) is 1.55. The lowest BCUT2D eigenvalue weighted by molar-refractivity contribution is 0.396. The summed E-state index contributed by atoms with van der Waals surface area (Å²) in [4.78, 5) is 0.0767. The Bertz CT molecular complexity index is 408. The van der Waals surface area contributed by atoms with E-state index in [9.17, 15) is 8.42 Å². The Balaban J connectivity index is 3.39. The fourth-order valence-corrected chi connectivity index (χ4v) is 1.79. The van der Waals surface area contributed by atoms with Crippen LogP contribution in [0.2, 0.25) is 0 Å². The molecule has 13 heavy (non-hydrogen) atoms. The molecular formula is C8H10O4S. The van der Waals surface area contributed by atoms with E-state index in [-0.39, 0.29) is 16.4 Å². The minimum absolute atomic E-state index is 0.0238. The van der Waals surface area contributed by atoms with E-state index in [0.29, 0.717) is 0 Å². The van der Waals surface area contributed by atoms with Gasteiger partial charge in [-0.25, -0.2) is 8.42 Å². The molecule has 72 valence electrons. The molecule has 4 nitrogen and oxygen atoms in total. The van der Waals surface area contributed by atoms with E-state index < -0.39 is 9.84 Å². The highest BCUT2D eigenvalue weighted by molar-refractivity contribution is 7.90. The molecule has 0 saturated carbocycles. The fourth-order valence-electron chi connectivity index (χ4n) is 0.963. The highest BCUT2D eigenvalue weighted by Crippen LogP contribution is 2.27. The quantitative estimate of drug-likeness (QED) is 0.770. The molecule has 1 N–H and O–H groups in total. The van der Waals surface area contributed by atoms with Crippen LogP contribution in [0.25, 0.3) is 0 Å². The van der Waals surface area contributed by atoms with Gasteiger partial charge in [0.25, 0.3) is 0 Å². The second-order valence-corrected chi connectivity index (χ2v) is 4.59. The fraction of sp³-hybridized carbons (Fsp3) is 0.250. The molecular weight excluding hydrogens is 192 g/mol. The van der Waals surface area contributed by atoms with Crippen LogP contribution < -0.4 is 4.74 Å². The van der Waals surface area contributed by atoms with E-state index in [1.165, 1.54) is 25.3 Å². The van der Waals surface area contributed by atoms with Crippen molar-refractivity contribution in [1.29, 1.82) is 0 Å². The minimum Gasteiger partial charge on any atom is -0.508 e. The smallest absolute Gasteiger partial charge is 0.179 e. The highest BCUT2D eigenvalue weighted by Gasteiger charge is 2.13. The number of hydrogen-bond donors (Lipinski definition) is 1. The molecule has 0 spiro atoms. The van der Waals surface area contributed by atoms with Crippen molar-refractivity contribution in [2.75, 3.05) is 13.4 Å². The van der Waals surface area contributed by atoms with Gasteiger partial charge in [-0.05, 0) is 12.1 Å². The Morgan fingerprint density at radius 3 is 2.46 bits per heavy atom. The van der Waals surface area contributed by atoms with Crippen LogP contribution in [-0.4, -0.2) is 26.9 Å². The molecule has 0 aliphatic heterocycles. The number of ether oxygens (including phenoxy) is 1. The number of hydrogen-bond acceptors (Lipinski definition) is 4. The Labute approximate surface area is 76.7 Å². The molecule has 0 aliphatic carbocycles. The zero-order valence-electron chi connectivity index (χ0n) is 7.31. The van der Waals surface area contributed by atoms with Gasteiger partial charge in [0.1, 0.15) is 16.4 Å². The van der Waals surface area contributed by atoms with Gasteiger partial charge in [-0.15, -0.1) is 0 Å². The third kappa shape index (κ3) is 2.12. The van der Waals surface area contributed by atoms with Crippen LogP contribution in [0.5, 0.6) is 11.5 Å². The molecule has 1 aromatic carbocycles. The van der Waals surface area contributed by atoms with Crippen molar-refractivity contribution in [2.24, 2.45) is 0 Å². The van der Waals surface area contributed by atoms with Gasteiger partial charge in [-0.3, -0.25) is 0 Å². The van der Waals surface area contributed by atoms with Crippen LogP contribution in [0.15, 0.2) is 23.1 Å². The lowest BCUT2D eigenvalue weighted by Crippen LogP contribution is -2.00. The first-order valence-electron chi connectivity index (χ1n) is 3.52. The van der Waals surface area contributed by atoms with Gasteiger partial charge in [0.2, 0.25) is 0 Å². The maximum atomic E-state index is 11.2. The second kappa shape index (κ2) is 3.26. The highest BCUT2D eigenvalue weighted by atomic mass is 32.2. The topological polar surface area (TPSA) is 63.6 Å². The van der Waals surface area contributed by atoms with E-state index >= 15 is 0 Å². The van der Waals surface area contributed by atoms with Gasteiger partial charge in [0.15, 0.2) is 9.84 Å². The molecule has 0 heterocycles. The van der Waals surface area contributed by atoms with E-state index in [1.54, 1.807) is 0 Å². The molecule has 0 saturated heterocycles. The molecule has 1 aromatic rings. The van der Waals surface area contributed by atoms with Crippen LogP contribution >= 0.6 is 0 Å². The van der Waals surface area contributed by atoms with Crippen molar-refractivity contribution in [3.63, 3.8) is 0 Å². The molecule has 0 aromatic heterocycles. The molecule has 0 unspecified atom stereocenters. The normalized spacial score (nSPS) is 11.2. The van der Waals surface area contributed by atoms with E-state index in [4.69, 9.17) is 9.84 Å². The van der Waals surface area contributed by atoms with Gasteiger partial charge < -0.3 is 9.84 Å². The van der Waals surface area contributed by atoms with Crippen molar-refractivity contribution in [3.8, 4) is 11.5 Å². The Morgan fingerprint density at radius 1 is 1.38 bits per heavy atom. The first-order valence-corrected chi connectivity index (χ1v) is 5.41. The van der Waals surface area contributed by atoms with Gasteiger partial charge in [0, 0.05) is 12.3 Å². The largest absolute Gasteiger partial charge is 0.508 e. The van der Waals surface area contributed by atoms with E-state index in [1.807, 2.05) is 0 Å².